The highest BCUT2D eigenvalue weighted by Crippen LogP contribution is 2.27. The van der Waals surface area contributed by atoms with Gasteiger partial charge < -0.3 is 24.3 Å². The molecule has 1 aromatic heterocycles. The summed E-state index contributed by atoms with van der Waals surface area (Å²) in [6, 6.07) is 5.11. The summed E-state index contributed by atoms with van der Waals surface area (Å²) in [5.41, 5.74) is 3.88. The van der Waals surface area contributed by atoms with Gasteiger partial charge in [0.25, 0.3) is 5.88 Å². The van der Waals surface area contributed by atoms with E-state index in [4.69, 9.17) is 14.7 Å². The first-order valence-electron chi connectivity index (χ1n) is 9.56. The van der Waals surface area contributed by atoms with Gasteiger partial charge in [0.2, 0.25) is 5.88 Å². The van der Waals surface area contributed by atoms with Gasteiger partial charge in [0.1, 0.15) is 18.2 Å². The predicted molar refractivity (Wildman–Crippen MR) is 106 cm³/mol. The second-order valence-electron chi connectivity index (χ2n) is 6.95. The van der Waals surface area contributed by atoms with Crippen LogP contribution in [0.4, 0.5) is 18.0 Å². The third-order valence-corrected chi connectivity index (χ3v) is 4.69. The summed E-state index contributed by atoms with van der Waals surface area (Å²) in [7, 11) is 0. The van der Waals surface area contributed by atoms with Gasteiger partial charge >= 0.3 is 12.5 Å². The predicted octanol–water partition coefficient (Wildman–Crippen LogP) is 3.76. The second kappa shape index (κ2) is 9.62. The monoisotopic (exact) mass is 454 g/mol. The molecule has 2 aromatic rings. The summed E-state index contributed by atoms with van der Waals surface area (Å²) >= 11 is 0. The van der Waals surface area contributed by atoms with Gasteiger partial charge in [0.05, 0.1) is 11.3 Å². The van der Waals surface area contributed by atoms with Crippen molar-refractivity contribution in [1.82, 2.24) is 20.3 Å². The zero-order chi connectivity index (χ0) is 23.3. The van der Waals surface area contributed by atoms with Crippen molar-refractivity contribution in [2.75, 3.05) is 13.1 Å². The smallest absolute Gasteiger partial charge is 0.474 e. The summed E-state index contributed by atoms with van der Waals surface area (Å²) < 4.78 is 46.5. The first kappa shape index (κ1) is 23.0. The van der Waals surface area contributed by atoms with E-state index < -0.39 is 12.5 Å². The van der Waals surface area contributed by atoms with E-state index >= 15 is 0 Å². The number of likely N-dealkylation sites (tertiary alicyclic amines) is 1. The van der Waals surface area contributed by atoms with Crippen molar-refractivity contribution in [2.24, 2.45) is 0 Å². The Morgan fingerprint density at radius 2 is 1.81 bits per heavy atom. The molecule has 1 saturated heterocycles. The minimum atomic E-state index is -4.77. The van der Waals surface area contributed by atoms with E-state index in [1.165, 1.54) is 23.4 Å². The molecule has 0 saturated carbocycles. The maximum absolute atomic E-state index is 12.3. The van der Waals surface area contributed by atoms with Crippen LogP contribution in [-0.2, 0) is 0 Å². The molecule has 2 N–H and O–H groups in total. The number of ether oxygens (including phenoxy) is 2. The Hall–Kier alpha value is -3.70. The molecule has 1 aromatic carbocycles. The van der Waals surface area contributed by atoms with Crippen molar-refractivity contribution in [3.05, 3.63) is 48.3 Å². The number of rotatable bonds is 7. The fourth-order valence-corrected chi connectivity index (χ4v) is 2.99. The number of piperidine rings is 1. The SMILES string of the molecule is C=C(NOc1ncnc(OC2CCN(C(=O)O)CC2)c1C)c1ccc(OC(F)(F)F)cc1. The molecule has 3 rings (SSSR count). The van der Waals surface area contributed by atoms with Gasteiger partial charge in [0.15, 0.2) is 0 Å². The van der Waals surface area contributed by atoms with E-state index in [1.54, 1.807) is 6.92 Å². The number of carboxylic acid groups (broad SMARTS) is 1. The van der Waals surface area contributed by atoms with Gasteiger partial charge in [-0.1, -0.05) is 6.58 Å². The Bertz CT molecular complexity index is 961. The Labute approximate surface area is 181 Å². The van der Waals surface area contributed by atoms with Crippen LogP contribution >= 0.6 is 0 Å². The van der Waals surface area contributed by atoms with Crippen molar-refractivity contribution in [1.29, 1.82) is 0 Å². The Kier molecular flexibility index (Phi) is 6.91. The maximum atomic E-state index is 12.3. The molecule has 9 nitrogen and oxygen atoms in total. The summed E-state index contributed by atoms with van der Waals surface area (Å²) in [4.78, 5) is 25.9. The number of alkyl halides is 3. The fraction of sp³-hybridized carbons (Fsp3) is 0.350. The highest BCUT2D eigenvalue weighted by molar-refractivity contribution is 5.65. The molecule has 1 aliphatic heterocycles. The van der Waals surface area contributed by atoms with Crippen molar-refractivity contribution < 1.29 is 37.4 Å². The third-order valence-electron chi connectivity index (χ3n) is 4.69. The molecular weight excluding hydrogens is 433 g/mol. The van der Waals surface area contributed by atoms with Crippen LogP contribution in [-0.4, -0.2) is 51.6 Å². The number of hydrogen-bond acceptors (Lipinski definition) is 7. The van der Waals surface area contributed by atoms with E-state index in [1.807, 2.05) is 0 Å². The standard InChI is InChI=1S/C20H21F3N4O5/c1-12-17(30-15-7-9-27(10-8-15)19(28)29)24-11-25-18(12)32-26-13(2)14-3-5-16(6-4-14)31-20(21,22)23/h3-6,11,15,26H,2,7-10H2,1H3,(H,28,29). The van der Waals surface area contributed by atoms with Crippen LogP contribution in [0.5, 0.6) is 17.5 Å². The number of halogens is 3. The van der Waals surface area contributed by atoms with Crippen LogP contribution in [0, 0.1) is 6.92 Å². The number of nitrogens with zero attached hydrogens (tertiary/aromatic N) is 3. The zero-order valence-corrected chi connectivity index (χ0v) is 17.1. The highest BCUT2D eigenvalue weighted by Gasteiger charge is 2.31. The molecule has 12 heteroatoms. The summed E-state index contributed by atoms with van der Waals surface area (Å²) in [6.07, 6.45) is -3.57. The Balaban J connectivity index is 1.56. The summed E-state index contributed by atoms with van der Waals surface area (Å²) in [5.74, 6) is 0.138. The van der Waals surface area contributed by atoms with Gasteiger partial charge in [-0.2, -0.15) is 4.98 Å². The molecule has 0 aliphatic carbocycles. The number of benzene rings is 1. The van der Waals surface area contributed by atoms with Gasteiger partial charge in [-0.05, 0) is 31.2 Å². The van der Waals surface area contributed by atoms with E-state index in [9.17, 15) is 18.0 Å². The van der Waals surface area contributed by atoms with Crippen molar-refractivity contribution >= 4 is 11.8 Å². The molecule has 32 heavy (non-hydrogen) atoms. The molecule has 1 fully saturated rings. The normalized spacial score (nSPS) is 14.6. The van der Waals surface area contributed by atoms with Crippen LogP contribution in [0.15, 0.2) is 37.2 Å². The van der Waals surface area contributed by atoms with Crippen molar-refractivity contribution in [3.8, 4) is 17.5 Å². The van der Waals surface area contributed by atoms with E-state index in [0.717, 1.165) is 12.1 Å². The number of hydroxylamine groups is 1. The number of nitrogens with one attached hydrogen (secondary N) is 1. The number of hydrogen-bond donors (Lipinski definition) is 2. The second-order valence-corrected chi connectivity index (χ2v) is 6.95. The molecule has 0 radical (unpaired) electrons. The summed E-state index contributed by atoms with van der Waals surface area (Å²) in [6.45, 7) is 6.24. The molecule has 0 bridgehead atoms. The minimum Gasteiger partial charge on any atom is -0.474 e. The lowest BCUT2D eigenvalue weighted by atomic mass is 10.1. The van der Waals surface area contributed by atoms with Crippen LogP contribution in [0.3, 0.4) is 0 Å². The molecule has 0 spiro atoms. The van der Waals surface area contributed by atoms with E-state index in [0.29, 0.717) is 42.9 Å². The number of amides is 1. The van der Waals surface area contributed by atoms with Crippen LogP contribution in [0.25, 0.3) is 5.70 Å². The maximum Gasteiger partial charge on any atom is 0.573 e. The highest BCUT2D eigenvalue weighted by atomic mass is 19.4. The molecule has 1 aliphatic rings. The Morgan fingerprint density at radius 3 is 2.41 bits per heavy atom. The fourth-order valence-electron chi connectivity index (χ4n) is 2.99. The molecular formula is C20H21F3N4O5. The number of carbonyl (C=O) groups is 1. The van der Waals surface area contributed by atoms with Crippen LogP contribution in [0.1, 0.15) is 24.0 Å². The van der Waals surface area contributed by atoms with Gasteiger partial charge in [-0.25, -0.2) is 15.3 Å². The summed E-state index contributed by atoms with van der Waals surface area (Å²) in [5, 5.41) is 9.02. The van der Waals surface area contributed by atoms with Crippen LogP contribution < -0.4 is 19.8 Å². The number of aromatic nitrogens is 2. The quantitative estimate of drug-likeness (QED) is 0.610. The van der Waals surface area contributed by atoms with Crippen LogP contribution in [0.2, 0.25) is 0 Å². The lowest BCUT2D eigenvalue weighted by Gasteiger charge is -2.30. The van der Waals surface area contributed by atoms with E-state index in [-0.39, 0.29) is 23.4 Å². The van der Waals surface area contributed by atoms with Crippen molar-refractivity contribution in [3.63, 3.8) is 0 Å². The molecule has 1 amide bonds. The Morgan fingerprint density at radius 1 is 1.19 bits per heavy atom. The van der Waals surface area contributed by atoms with Gasteiger partial charge in [-0.3, -0.25) is 0 Å². The third kappa shape index (κ3) is 6.15. The molecule has 0 atom stereocenters. The largest absolute Gasteiger partial charge is 0.573 e. The first-order valence-corrected chi connectivity index (χ1v) is 9.56. The molecule has 172 valence electrons. The van der Waals surface area contributed by atoms with Gasteiger partial charge in [0, 0.05) is 31.5 Å². The lowest BCUT2D eigenvalue weighted by molar-refractivity contribution is -0.274. The lowest BCUT2D eigenvalue weighted by Crippen LogP contribution is -2.41. The average molecular weight is 454 g/mol. The average Bonchev–Trinajstić information content (AvgIpc) is 2.74. The van der Waals surface area contributed by atoms with E-state index in [2.05, 4.69) is 26.8 Å². The molecule has 0 unspecified atom stereocenters. The minimum absolute atomic E-state index is 0.177. The van der Waals surface area contributed by atoms with Crippen molar-refractivity contribution in [2.45, 2.75) is 32.2 Å². The van der Waals surface area contributed by atoms with Gasteiger partial charge in [-0.15, -0.1) is 13.2 Å². The topological polar surface area (TPSA) is 106 Å². The zero-order valence-electron chi connectivity index (χ0n) is 17.1. The first-order chi connectivity index (χ1) is 15.1. The molecule has 2 heterocycles.